The van der Waals surface area contributed by atoms with Crippen LogP contribution in [0.2, 0.25) is 0 Å². The molecule has 0 aliphatic rings. The summed E-state index contributed by atoms with van der Waals surface area (Å²) >= 11 is 0. The predicted octanol–water partition coefficient (Wildman–Crippen LogP) is 6.42. The van der Waals surface area contributed by atoms with Crippen molar-refractivity contribution >= 4 is 44.0 Å². The maximum absolute atomic E-state index is 12.3. The number of sulfone groups is 2. The van der Waals surface area contributed by atoms with Crippen LogP contribution < -0.4 is 0 Å². The molecule has 0 heterocycles. The van der Waals surface area contributed by atoms with Gasteiger partial charge in [0.1, 0.15) is 0 Å². The van der Waals surface area contributed by atoms with Crippen LogP contribution in [0.4, 0.5) is 0 Å². The molecule has 0 bridgehead atoms. The van der Waals surface area contributed by atoms with E-state index in [-0.39, 0.29) is 0 Å². The Balaban J connectivity index is 1.68. The second-order valence-corrected chi connectivity index (χ2v) is 11.3. The number of rotatable bonds is 8. The van der Waals surface area contributed by atoms with Crippen LogP contribution in [0.1, 0.15) is 33.4 Å². The minimum atomic E-state index is -3.56. The van der Waals surface area contributed by atoms with Crippen molar-refractivity contribution in [3.63, 3.8) is 0 Å². The minimum absolute atomic E-state index is 0.641. The highest BCUT2D eigenvalue weighted by Gasteiger charge is 2.02. The fourth-order valence-corrected chi connectivity index (χ4v) is 4.47. The van der Waals surface area contributed by atoms with Crippen LogP contribution in [0.5, 0.6) is 0 Å². The molecule has 3 aromatic carbocycles. The standard InChI is InChI=1S/C28H26O4S2/c1-23-6-10-25(11-7-23)14-18-33(29,30)20-16-27-4-3-5-28(22-27)17-21-34(31,32)19-15-26-12-8-24(2)9-13-26/h3-22H,1-2H3/b18-14-,19-15-,20-16+,21-17+. The van der Waals surface area contributed by atoms with Crippen LogP contribution >= 0.6 is 0 Å². The Bertz CT molecular complexity index is 1350. The average molecular weight is 491 g/mol. The number of aryl methyl sites for hydroxylation is 2. The van der Waals surface area contributed by atoms with Gasteiger partial charge in [0.25, 0.3) is 0 Å². The SMILES string of the molecule is Cc1ccc(/C=C\S(=O)(=O)/C=C/c2cccc(/C=C/S(=O)(=O)/C=C\c3ccc(C)cc3)c2)cc1. The molecule has 0 saturated carbocycles. The lowest BCUT2D eigenvalue weighted by molar-refractivity contribution is 0.611. The molecule has 174 valence electrons. The highest BCUT2D eigenvalue weighted by atomic mass is 32.2. The van der Waals surface area contributed by atoms with Crippen LogP contribution in [-0.4, -0.2) is 16.8 Å². The smallest absolute Gasteiger partial charge is 0.193 e. The van der Waals surface area contributed by atoms with E-state index in [1.807, 2.05) is 62.4 Å². The fraction of sp³-hybridized carbons (Fsp3) is 0.0714. The van der Waals surface area contributed by atoms with Crippen molar-refractivity contribution in [2.75, 3.05) is 0 Å². The van der Waals surface area contributed by atoms with Gasteiger partial charge >= 0.3 is 0 Å². The molecular formula is C28H26O4S2. The van der Waals surface area contributed by atoms with E-state index in [4.69, 9.17) is 0 Å². The van der Waals surface area contributed by atoms with Gasteiger partial charge < -0.3 is 0 Å². The van der Waals surface area contributed by atoms with Crippen molar-refractivity contribution < 1.29 is 16.8 Å². The van der Waals surface area contributed by atoms with Crippen molar-refractivity contribution in [3.05, 3.63) is 128 Å². The van der Waals surface area contributed by atoms with Crippen molar-refractivity contribution in [2.45, 2.75) is 13.8 Å². The third-order valence-corrected chi connectivity index (χ3v) is 6.93. The zero-order valence-electron chi connectivity index (χ0n) is 19.0. The lowest BCUT2D eigenvalue weighted by Crippen LogP contribution is -1.89. The average Bonchev–Trinajstić information content (AvgIpc) is 2.81. The minimum Gasteiger partial charge on any atom is -0.220 e. The summed E-state index contributed by atoms with van der Waals surface area (Å²) in [4.78, 5) is 0. The molecule has 6 heteroatoms. The molecule has 0 unspecified atom stereocenters. The molecule has 3 aromatic rings. The van der Waals surface area contributed by atoms with Gasteiger partial charge in [-0.3, -0.25) is 0 Å². The lowest BCUT2D eigenvalue weighted by atomic mass is 10.1. The fourth-order valence-electron chi connectivity index (χ4n) is 2.91. The molecule has 0 fully saturated rings. The van der Waals surface area contributed by atoms with Gasteiger partial charge in [0.15, 0.2) is 19.7 Å². The van der Waals surface area contributed by atoms with Gasteiger partial charge in [-0.05, 0) is 66.5 Å². The quantitative estimate of drug-likeness (QED) is 0.366. The van der Waals surface area contributed by atoms with Crippen molar-refractivity contribution in [1.29, 1.82) is 0 Å². The molecule has 0 N–H and O–H groups in total. The first-order chi connectivity index (χ1) is 16.1. The second kappa shape index (κ2) is 11.1. The Morgan fingerprint density at radius 3 is 1.15 bits per heavy atom. The molecule has 0 atom stereocenters. The van der Waals surface area contributed by atoms with E-state index in [1.54, 1.807) is 36.4 Å². The second-order valence-electron chi connectivity index (χ2n) is 7.88. The maximum atomic E-state index is 12.3. The van der Waals surface area contributed by atoms with Gasteiger partial charge in [0, 0.05) is 21.6 Å². The summed E-state index contributed by atoms with van der Waals surface area (Å²) < 4.78 is 49.3. The van der Waals surface area contributed by atoms with Crippen LogP contribution in [0, 0.1) is 13.8 Å². The van der Waals surface area contributed by atoms with Crippen LogP contribution in [0.25, 0.3) is 24.3 Å². The zero-order valence-corrected chi connectivity index (χ0v) is 20.6. The number of hydrogen-bond donors (Lipinski definition) is 0. The molecule has 0 spiro atoms. The zero-order chi connectivity index (χ0) is 24.6. The van der Waals surface area contributed by atoms with E-state index >= 15 is 0 Å². The van der Waals surface area contributed by atoms with E-state index in [2.05, 4.69) is 0 Å². The first kappa shape index (κ1) is 25.1. The van der Waals surface area contributed by atoms with Crippen LogP contribution in [0.3, 0.4) is 0 Å². The summed E-state index contributed by atoms with van der Waals surface area (Å²) in [5, 5.41) is 4.57. The highest BCUT2D eigenvalue weighted by Crippen LogP contribution is 2.13. The Morgan fingerprint density at radius 1 is 0.471 bits per heavy atom. The van der Waals surface area contributed by atoms with E-state index in [1.165, 1.54) is 12.2 Å². The monoisotopic (exact) mass is 490 g/mol. The predicted molar refractivity (Wildman–Crippen MR) is 143 cm³/mol. The summed E-state index contributed by atoms with van der Waals surface area (Å²) in [5.74, 6) is 0. The first-order valence-corrected chi connectivity index (χ1v) is 13.8. The van der Waals surface area contributed by atoms with Crippen LogP contribution in [0.15, 0.2) is 94.4 Å². The molecule has 0 aliphatic heterocycles. The van der Waals surface area contributed by atoms with Crippen molar-refractivity contribution in [1.82, 2.24) is 0 Å². The molecule has 34 heavy (non-hydrogen) atoms. The Hall–Kier alpha value is -3.48. The largest absolute Gasteiger partial charge is 0.220 e. The lowest BCUT2D eigenvalue weighted by Gasteiger charge is -1.98. The van der Waals surface area contributed by atoms with E-state index in [0.717, 1.165) is 43.9 Å². The summed E-state index contributed by atoms with van der Waals surface area (Å²) in [5.41, 5.74) is 5.08. The molecule has 0 amide bonds. The molecule has 0 aromatic heterocycles. The topological polar surface area (TPSA) is 68.3 Å². The Morgan fingerprint density at radius 2 is 0.794 bits per heavy atom. The summed E-state index contributed by atoms with van der Waals surface area (Å²) in [6.07, 6.45) is 6.07. The van der Waals surface area contributed by atoms with Gasteiger partial charge in [-0.25, -0.2) is 16.8 Å². The highest BCUT2D eigenvalue weighted by molar-refractivity contribution is 7.97. The molecule has 0 radical (unpaired) electrons. The van der Waals surface area contributed by atoms with Gasteiger partial charge in [-0.2, -0.15) is 0 Å². The van der Waals surface area contributed by atoms with E-state index < -0.39 is 19.7 Å². The Labute approximate surface area is 202 Å². The summed E-state index contributed by atoms with van der Waals surface area (Å²) in [6.45, 7) is 3.93. The molecule has 4 nitrogen and oxygen atoms in total. The van der Waals surface area contributed by atoms with Gasteiger partial charge in [-0.15, -0.1) is 0 Å². The third-order valence-electron chi connectivity index (χ3n) is 4.87. The normalized spacial score (nSPS) is 13.0. The van der Waals surface area contributed by atoms with Gasteiger partial charge in [0.2, 0.25) is 0 Å². The first-order valence-electron chi connectivity index (χ1n) is 10.6. The maximum Gasteiger partial charge on any atom is 0.193 e. The summed E-state index contributed by atoms with van der Waals surface area (Å²) in [7, 11) is -7.11. The van der Waals surface area contributed by atoms with Gasteiger partial charge in [-0.1, -0.05) is 77.9 Å². The molecule has 3 rings (SSSR count). The summed E-state index contributed by atoms with van der Waals surface area (Å²) in [6, 6.07) is 22.0. The Kier molecular flexibility index (Phi) is 8.21. The van der Waals surface area contributed by atoms with Crippen molar-refractivity contribution in [2.24, 2.45) is 0 Å². The third kappa shape index (κ3) is 8.46. The van der Waals surface area contributed by atoms with Crippen molar-refractivity contribution in [3.8, 4) is 0 Å². The molecule has 0 saturated heterocycles. The molecule has 0 aliphatic carbocycles. The molecular weight excluding hydrogens is 464 g/mol. The van der Waals surface area contributed by atoms with E-state index in [9.17, 15) is 16.8 Å². The number of hydrogen-bond acceptors (Lipinski definition) is 4. The van der Waals surface area contributed by atoms with Crippen LogP contribution in [-0.2, 0) is 19.7 Å². The number of benzene rings is 3. The van der Waals surface area contributed by atoms with E-state index in [0.29, 0.717) is 11.1 Å². The van der Waals surface area contributed by atoms with Gasteiger partial charge in [0.05, 0.1) is 0 Å².